The van der Waals surface area contributed by atoms with Gasteiger partial charge >= 0.3 is 6.09 Å². The minimum absolute atomic E-state index is 0.0493. The Balaban J connectivity index is 1.38. The highest BCUT2D eigenvalue weighted by Gasteiger charge is 2.42. The molecule has 35 heavy (non-hydrogen) atoms. The Hall–Kier alpha value is -2.60. The summed E-state index contributed by atoms with van der Waals surface area (Å²) in [5.41, 5.74) is 5.11. The van der Waals surface area contributed by atoms with Gasteiger partial charge < -0.3 is 14.8 Å². The van der Waals surface area contributed by atoms with Crippen LogP contribution in [-0.2, 0) is 11.2 Å². The molecule has 0 unspecified atom stereocenters. The predicted molar refractivity (Wildman–Crippen MR) is 135 cm³/mol. The molecule has 3 saturated heterocycles. The van der Waals surface area contributed by atoms with E-state index in [9.17, 15) is 4.79 Å². The molecule has 6 rings (SSSR count). The van der Waals surface area contributed by atoms with Crippen LogP contribution in [-0.4, -0.2) is 43.3 Å². The van der Waals surface area contributed by atoms with Gasteiger partial charge in [-0.05, 0) is 117 Å². The van der Waals surface area contributed by atoms with Gasteiger partial charge in [0.15, 0.2) is 0 Å². The molecule has 2 bridgehead atoms. The van der Waals surface area contributed by atoms with Gasteiger partial charge in [0, 0.05) is 12.1 Å². The molecule has 0 aromatic heterocycles. The molecule has 2 atom stereocenters. The van der Waals surface area contributed by atoms with E-state index in [0.29, 0.717) is 18.1 Å². The van der Waals surface area contributed by atoms with E-state index in [-0.39, 0.29) is 23.4 Å². The van der Waals surface area contributed by atoms with Crippen LogP contribution in [0.15, 0.2) is 24.3 Å². The molecule has 1 amide bonds. The maximum atomic E-state index is 15.5. The number of carbonyl (C=O) groups excluding carboxylic acids is 1. The largest absolute Gasteiger partial charge is 0.493 e. The smallest absolute Gasteiger partial charge is 0.407 e. The standard InChI is InChI=1S/C29H37FN2O3/c1-6-34-26-17(2)11-20(12-18(26)3)22-13-21-15-29(4,5)27(23(21)14-24(22)30)31-28(33)35-25-16-32-9-7-19(25)8-10-32/h11-14,19,25,27H,6-10,15-16H2,1-5H3,(H,31,33)/t25-,27+/m1/s1. The zero-order valence-corrected chi connectivity index (χ0v) is 21.5. The fraction of sp³-hybridized carbons (Fsp3) is 0.552. The first kappa shape index (κ1) is 24.1. The maximum Gasteiger partial charge on any atom is 0.407 e. The van der Waals surface area contributed by atoms with E-state index in [1.165, 1.54) is 0 Å². The summed E-state index contributed by atoms with van der Waals surface area (Å²) in [5, 5.41) is 3.10. The molecular weight excluding hydrogens is 443 g/mol. The Morgan fingerprint density at radius 3 is 2.43 bits per heavy atom. The number of benzene rings is 2. The van der Waals surface area contributed by atoms with Crippen LogP contribution >= 0.6 is 0 Å². The third-order valence-electron chi connectivity index (χ3n) is 8.14. The fourth-order valence-electron chi connectivity index (χ4n) is 6.38. The Morgan fingerprint density at radius 1 is 1.14 bits per heavy atom. The van der Waals surface area contributed by atoms with Crippen molar-refractivity contribution in [3.63, 3.8) is 0 Å². The zero-order chi connectivity index (χ0) is 24.9. The molecule has 6 heteroatoms. The second kappa shape index (κ2) is 9.12. The van der Waals surface area contributed by atoms with E-state index < -0.39 is 6.09 Å². The Labute approximate surface area is 208 Å². The summed E-state index contributed by atoms with van der Waals surface area (Å²) in [6.45, 7) is 13.8. The topological polar surface area (TPSA) is 50.8 Å². The SMILES string of the molecule is CCOc1c(C)cc(-c2cc3c(cc2F)[C@H](NC(=O)O[C@@H]2CN4CCC2CC4)C(C)(C)C3)cc1C. The summed E-state index contributed by atoms with van der Waals surface area (Å²) in [6.07, 6.45) is 2.50. The lowest BCUT2D eigenvalue weighted by Gasteiger charge is -2.44. The van der Waals surface area contributed by atoms with Crippen molar-refractivity contribution in [2.24, 2.45) is 11.3 Å². The molecule has 3 aliphatic heterocycles. The minimum Gasteiger partial charge on any atom is -0.493 e. The number of nitrogens with one attached hydrogen (secondary N) is 1. The third kappa shape index (κ3) is 4.53. The number of aryl methyl sites for hydroxylation is 2. The average molecular weight is 481 g/mol. The van der Waals surface area contributed by atoms with Gasteiger partial charge in [-0.2, -0.15) is 0 Å². The van der Waals surface area contributed by atoms with E-state index in [1.807, 2.05) is 39.0 Å². The summed E-state index contributed by atoms with van der Waals surface area (Å²) in [5.74, 6) is 1.04. The molecule has 2 aromatic carbocycles. The third-order valence-corrected chi connectivity index (χ3v) is 8.14. The Morgan fingerprint density at radius 2 is 1.83 bits per heavy atom. The van der Waals surface area contributed by atoms with E-state index in [4.69, 9.17) is 9.47 Å². The normalized spacial score (nSPS) is 26.3. The van der Waals surface area contributed by atoms with Gasteiger partial charge in [-0.1, -0.05) is 13.8 Å². The first-order valence-electron chi connectivity index (χ1n) is 12.9. The number of hydrogen-bond donors (Lipinski definition) is 1. The molecule has 5 nitrogen and oxygen atoms in total. The number of piperidine rings is 3. The van der Waals surface area contributed by atoms with Gasteiger partial charge in [0.25, 0.3) is 0 Å². The van der Waals surface area contributed by atoms with Crippen molar-refractivity contribution >= 4 is 6.09 Å². The van der Waals surface area contributed by atoms with Gasteiger partial charge in [-0.15, -0.1) is 0 Å². The number of alkyl carbamates (subject to hydrolysis) is 1. The maximum absolute atomic E-state index is 15.5. The molecule has 1 aliphatic carbocycles. The van der Waals surface area contributed by atoms with Crippen LogP contribution in [0, 0.1) is 31.0 Å². The van der Waals surface area contributed by atoms with Crippen molar-refractivity contribution in [1.82, 2.24) is 10.2 Å². The highest BCUT2D eigenvalue weighted by Crippen LogP contribution is 2.47. The van der Waals surface area contributed by atoms with Gasteiger partial charge in [-0.3, -0.25) is 4.90 Å². The molecule has 0 spiro atoms. The fourth-order valence-corrected chi connectivity index (χ4v) is 6.38. The summed E-state index contributed by atoms with van der Waals surface area (Å²) in [6, 6.07) is 7.26. The molecule has 2 aromatic rings. The quantitative estimate of drug-likeness (QED) is 0.574. The van der Waals surface area contributed by atoms with Crippen molar-refractivity contribution in [1.29, 1.82) is 0 Å². The van der Waals surface area contributed by atoms with Crippen LogP contribution in [0.3, 0.4) is 0 Å². The lowest BCUT2D eigenvalue weighted by Crippen LogP contribution is -2.53. The lowest BCUT2D eigenvalue weighted by molar-refractivity contribution is -0.0349. The molecule has 3 heterocycles. The predicted octanol–water partition coefficient (Wildman–Crippen LogP) is 5.95. The van der Waals surface area contributed by atoms with Gasteiger partial charge in [0.05, 0.1) is 12.6 Å². The van der Waals surface area contributed by atoms with Crippen molar-refractivity contribution in [2.45, 2.75) is 66.0 Å². The number of halogens is 1. The van der Waals surface area contributed by atoms with Crippen molar-refractivity contribution in [3.05, 3.63) is 52.3 Å². The van der Waals surface area contributed by atoms with E-state index >= 15 is 4.39 Å². The number of rotatable bonds is 5. The van der Waals surface area contributed by atoms with Crippen molar-refractivity contribution < 1.29 is 18.7 Å². The zero-order valence-electron chi connectivity index (χ0n) is 21.5. The van der Waals surface area contributed by atoms with Crippen LogP contribution in [0.5, 0.6) is 5.75 Å². The van der Waals surface area contributed by atoms with Crippen molar-refractivity contribution in [2.75, 3.05) is 26.2 Å². The van der Waals surface area contributed by atoms with Gasteiger partial charge in [0.2, 0.25) is 0 Å². The van der Waals surface area contributed by atoms with Crippen LogP contribution < -0.4 is 10.1 Å². The van der Waals surface area contributed by atoms with Gasteiger partial charge in [0.1, 0.15) is 17.7 Å². The number of ether oxygens (including phenoxy) is 2. The number of nitrogens with zero attached hydrogens (tertiary/aromatic N) is 1. The van der Waals surface area contributed by atoms with E-state index in [2.05, 4.69) is 24.1 Å². The summed E-state index contributed by atoms with van der Waals surface area (Å²) >= 11 is 0. The molecule has 0 radical (unpaired) electrons. The molecular formula is C29H37FN2O3. The number of hydrogen-bond acceptors (Lipinski definition) is 4. The minimum atomic E-state index is -0.392. The number of fused-ring (bicyclic) bond motifs is 4. The summed E-state index contributed by atoms with van der Waals surface area (Å²) in [4.78, 5) is 15.3. The van der Waals surface area contributed by atoms with Crippen LogP contribution in [0.2, 0.25) is 0 Å². The summed E-state index contributed by atoms with van der Waals surface area (Å²) < 4.78 is 27.1. The summed E-state index contributed by atoms with van der Waals surface area (Å²) in [7, 11) is 0. The van der Waals surface area contributed by atoms with Gasteiger partial charge in [-0.25, -0.2) is 9.18 Å². The molecule has 4 aliphatic rings. The number of amides is 1. The Bertz CT molecular complexity index is 1110. The van der Waals surface area contributed by atoms with Crippen molar-refractivity contribution in [3.8, 4) is 16.9 Å². The first-order chi connectivity index (χ1) is 16.7. The monoisotopic (exact) mass is 480 g/mol. The Kier molecular flexibility index (Phi) is 6.28. The first-order valence-corrected chi connectivity index (χ1v) is 12.9. The van der Waals surface area contributed by atoms with Crippen LogP contribution in [0.1, 0.15) is 61.9 Å². The average Bonchev–Trinajstić information content (AvgIpc) is 3.05. The molecule has 1 N–H and O–H groups in total. The molecule has 188 valence electrons. The second-order valence-corrected chi connectivity index (χ2v) is 11.2. The van der Waals surface area contributed by atoms with Crippen LogP contribution in [0.25, 0.3) is 11.1 Å². The van der Waals surface area contributed by atoms with Crippen LogP contribution in [0.4, 0.5) is 9.18 Å². The second-order valence-electron chi connectivity index (χ2n) is 11.2. The highest BCUT2D eigenvalue weighted by molar-refractivity contribution is 5.72. The van der Waals surface area contributed by atoms with E-state index in [0.717, 1.165) is 72.5 Å². The number of carbonyl (C=O) groups is 1. The molecule has 0 saturated carbocycles. The van der Waals surface area contributed by atoms with E-state index in [1.54, 1.807) is 6.07 Å². The highest BCUT2D eigenvalue weighted by atomic mass is 19.1. The molecule has 3 fully saturated rings. The lowest BCUT2D eigenvalue weighted by atomic mass is 9.85.